The number of nitrogens with zero attached hydrogens (tertiary/aromatic N) is 2. The van der Waals surface area contributed by atoms with Gasteiger partial charge in [-0.1, -0.05) is 26.0 Å². The van der Waals surface area contributed by atoms with E-state index in [-0.39, 0.29) is 42.8 Å². The molecule has 0 aromatic heterocycles. The molecule has 3 saturated heterocycles. The second kappa shape index (κ2) is 12.5. The van der Waals surface area contributed by atoms with Crippen LogP contribution in [0.2, 0.25) is 0 Å². The lowest BCUT2D eigenvalue weighted by Crippen LogP contribution is -2.52. The number of methoxy groups -OCH3 is 2. The molecule has 9 heteroatoms. The predicted molar refractivity (Wildman–Crippen MR) is 138 cm³/mol. The number of carbonyl (C=O) groups is 3. The van der Waals surface area contributed by atoms with Crippen molar-refractivity contribution >= 4 is 17.6 Å². The van der Waals surface area contributed by atoms with Gasteiger partial charge < -0.3 is 29.3 Å². The summed E-state index contributed by atoms with van der Waals surface area (Å²) in [6.45, 7) is 8.09. The summed E-state index contributed by atoms with van der Waals surface area (Å²) in [5.74, 6) is 0.000588. The second-order valence-electron chi connectivity index (χ2n) is 10.8. The molecule has 1 aromatic carbocycles. The lowest BCUT2D eigenvalue weighted by molar-refractivity contribution is -0.138. The van der Waals surface area contributed by atoms with Gasteiger partial charge in [0.15, 0.2) is 5.78 Å². The molecule has 3 heterocycles. The van der Waals surface area contributed by atoms with Crippen molar-refractivity contribution in [1.29, 1.82) is 0 Å². The lowest BCUT2D eigenvalue weighted by Gasteiger charge is -2.32. The van der Waals surface area contributed by atoms with Crippen LogP contribution in [0.25, 0.3) is 0 Å². The maximum atomic E-state index is 13.6. The van der Waals surface area contributed by atoms with Gasteiger partial charge in [0, 0.05) is 26.3 Å². The van der Waals surface area contributed by atoms with Crippen LogP contribution in [0.1, 0.15) is 54.9 Å². The number of amides is 2. The molecule has 4 atom stereocenters. The summed E-state index contributed by atoms with van der Waals surface area (Å²) in [5.41, 5.74) is 1.77. The molecule has 0 spiro atoms. The Kier molecular flexibility index (Phi) is 9.34. The maximum absolute atomic E-state index is 13.6. The number of carbonyl (C=O) groups excluding carboxylic acids is 3. The average molecular weight is 516 g/mol. The molecule has 0 bridgehead atoms. The largest absolute Gasteiger partial charge is 0.383 e. The van der Waals surface area contributed by atoms with Gasteiger partial charge in [-0.05, 0) is 61.9 Å². The van der Waals surface area contributed by atoms with Crippen molar-refractivity contribution < 1.29 is 28.6 Å². The molecule has 3 aliphatic rings. The zero-order valence-electron chi connectivity index (χ0n) is 22.5. The van der Waals surface area contributed by atoms with E-state index < -0.39 is 18.2 Å². The predicted octanol–water partition coefficient (Wildman–Crippen LogP) is 1.85. The van der Waals surface area contributed by atoms with Gasteiger partial charge in [-0.2, -0.15) is 0 Å². The van der Waals surface area contributed by atoms with E-state index in [0.29, 0.717) is 17.9 Å². The van der Waals surface area contributed by atoms with Crippen molar-refractivity contribution in [1.82, 2.24) is 15.1 Å². The Bertz CT molecular complexity index is 944. The molecule has 2 amide bonds. The standard InChI is InChI=1S/C28H41N3O6/c1-18(2)15-22(28(34)31-16-24(36-4)26-25(31)23(32)17-37-26)29-27(33)21-7-5-19(6-8-21)20-9-11-30(12-10-20)13-14-35-3/h5-8,18,20,22,24-26H,9-17H2,1-4H3,(H,29,33)/t22-,24-,25+,26+/m0/s1. The fourth-order valence-corrected chi connectivity index (χ4v) is 5.80. The van der Waals surface area contributed by atoms with Gasteiger partial charge in [0.1, 0.15) is 30.9 Å². The first-order valence-corrected chi connectivity index (χ1v) is 13.4. The number of fused-ring (bicyclic) bond motifs is 1. The molecule has 204 valence electrons. The molecule has 4 rings (SSSR count). The van der Waals surface area contributed by atoms with Gasteiger partial charge in [0.25, 0.3) is 5.91 Å². The van der Waals surface area contributed by atoms with Gasteiger partial charge in [-0.15, -0.1) is 0 Å². The number of ketones is 1. The molecular formula is C28H41N3O6. The maximum Gasteiger partial charge on any atom is 0.251 e. The van der Waals surface area contributed by atoms with E-state index in [1.54, 1.807) is 19.1 Å². The Morgan fingerprint density at radius 1 is 1.14 bits per heavy atom. The zero-order chi connectivity index (χ0) is 26.5. The van der Waals surface area contributed by atoms with Crippen molar-refractivity contribution in [2.45, 2.75) is 63.3 Å². The summed E-state index contributed by atoms with van der Waals surface area (Å²) < 4.78 is 16.3. The Labute approximate surface area is 219 Å². The molecule has 3 aliphatic heterocycles. The number of hydrogen-bond donors (Lipinski definition) is 1. The number of nitrogens with one attached hydrogen (secondary N) is 1. The lowest BCUT2D eigenvalue weighted by atomic mass is 9.89. The molecule has 9 nitrogen and oxygen atoms in total. The van der Waals surface area contributed by atoms with Crippen molar-refractivity contribution in [3.05, 3.63) is 35.4 Å². The van der Waals surface area contributed by atoms with Crippen LogP contribution in [-0.2, 0) is 23.8 Å². The minimum absolute atomic E-state index is 0.0152. The third-order valence-corrected chi connectivity index (χ3v) is 7.88. The first-order chi connectivity index (χ1) is 17.8. The molecule has 1 aromatic rings. The number of benzene rings is 1. The number of rotatable bonds is 10. The summed E-state index contributed by atoms with van der Waals surface area (Å²) in [7, 11) is 3.29. The van der Waals surface area contributed by atoms with E-state index in [4.69, 9.17) is 14.2 Å². The normalized spacial score (nSPS) is 25.5. The quantitative estimate of drug-likeness (QED) is 0.508. The first-order valence-electron chi connectivity index (χ1n) is 13.4. The Balaban J connectivity index is 1.39. The van der Waals surface area contributed by atoms with Gasteiger partial charge >= 0.3 is 0 Å². The third-order valence-electron chi connectivity index (χ3n) is 7.88. The van der Waals surface area contributed by atoms with E-state index in [1.807, 2.05) is 38.1 Å². The van der Waals surface area contributed by atoms with Crippen LogP contribution in [0.3, 0.4) is 0 Å². The van der Waals surface area contributed by atoms with E-state index in [2.05, 4.69) is 10.2 Å². The highest BCUT2D eigenvalue weighted by Gasteiger charge is 2.53. The van der Waals surface area contributed by atoms with Gasteiger partial charge in [-0.3, -0.25) is 14.4 Å². The van der Waals surface area contributed by atoms with Crippen molar-refractivity contribution in [2.75, 3.05) is 53.6 Å². The minimum Gasteiger partial charge on any atom is -0.383 e. The highest BCUT2D eigenvalue weighted by Crippen LogP contribution is 2.31. The summed E-state index contributed by atoms with van der Waals surface area (Å²) >= 11 is 0. The van der Waals surface area contributed by atoms with Crippen molar-refractivity contribution in [3.63, 3.8) is 0 Å². The number of Topliss-reactive ketones (excluding diaryl/α,β-unsaturated/α-hetero) is 1. The average Bonchev–Trinajstić information content (AvgIpc) is 3.47. The van der Waals surface area contributed by atoms with Crippen LogP contribution in [-0.4, -0.2) is 105 Å². The smallest absolute Gasteiger partial charge is 0.251 e. The number of piperidine rings is 1. The molecular weight excluding hydrogens is 474 g/mol. The minimum atomic E-state index is -0.728. The molecule has 0 unspecified atom stereocenters. The molecule has 1 N–H and O–H groups in total. The van der Waals surface area contributed by atoms with Crippen LogP contribution in [0.15, 0.2) is 24.3 Å². The van der Waals surface area contributed by atoms with Crippen molar-refractivity contribution in [2.24, 2.45) is 5.92 Å². The fraction of sp³-hybridized carbons (Fsp3) is 0.679. The second-order valence-corrected chi connectivity index (χ2v) is 10.8. The van der Waals surface area contributed by atoms with E-state index in [0.717, 1.165) is 39.1 Å². The highest BCUT2D eigenvalue weighted by atomic mass is 16.5. The molecule has 3 fully saturated rings. The Morgan fingerprint density at radius 2 is 1.84 bits per heavy atom. The molecule has 0 saturated carbocycles. The summed E-state index contributed by atoms with van der Waals surface area (Å²) in [6, 6.07) is 6.39. The van der Waals surface area contributed by atoms with E-state index in [9.17, 15) is 14.4 Å². The van der Waals surface area contributed by atoms with Crippen LogP contribution in [0.4, 0.5) is 0 Å². The number of likely N-dealkylation sites (tertiary alicyclic amines) is 2. The topological polar surface area (TPSA) is 97.4 Å². The first kappa shape index (κ1) is 27.7. The van der Waals surface area contributed by atoms with E-state index in [1.165, 1.54) is 5.56 Å². The van der Waals surface area contributed by atoms with Crippen LogP contribution < -0.4 is 5.32 Å². The van der Waals surface area contributed by atoms with Gasteiger partial charge in [0.2, 0.25) is 5.91 Å². The third kappa shape index (κ3) is 6.39. The monoisotopic (exact) mass is 515 g/mol. The van der Waals surface area contributed by atoms with Crippen LogP contribution in [0, 0.1) is 5.92 Å². The number of hydrogen-bond acceptors (Lipinski definition) is 7. The fourth-order valence-electron chi connectivity index (χ4n) is 5.80. The van der Waals surface area contributed by atoms with Crippen molar-refractivity contribution in [3.8, 4) is 0 Å². The zero-order valence-corrected chi connectivity index (χ0v) is 22.5. The van der Waals surface area contributed by atoms with Crippen LogP contribution >= 0.6 is 0 Å². The van der Waals surface area contributed by atoms with Crippen LogP contribution in [0.5, 0.6) is 0 Å². The Morgan fingerprint density at radius 3 is 2.46 bits per heavy atom. The summed E-state index contributed by atoms with van der Waals surface area (Å²) in [4.78, 5) is 43.2. The van der Waals surface area contributed by atoms with Gasteiger partial charge in [-0.25, -0.2) is 0 Å². The Hall–Kier alpha value is -2.33. The molecule has 0 aliphatic carbocycles. The number of ether oxygens (including phenoxy) is 3. The molecule has 37 heavy (non-hydrogen) atoms. The summed E-state index contributed by atoms with van der Waals surface area (Å²) in [6.07, 6.45) is 1.85. The SMILES string of the molecule is COCCN1CCC(c2ccc(C(=O)N[C@@H](CC(C)C)C(=O)N3C[C@H](OC)[C@H]4OCC(=O)[C@H]43)cc2)CC1. The highest BCUT2D eigenvalue weighted by molar-refractivity contribution is 5.99. The summed E-state index contributed by atoms with van der Waals surface area (Å²) in [5, 5.41) is 2.95. The molecule has 0 radical (unpaired) electrons. The van der Waals surface area contributed by atoms with Gasteiger partial charge in [0.05, 0.1) is 13.2 Å². The van der Waals surface area contributed by atoms with E-state index >= 15 is 0 Å².